The summed E-state index contributed by atoms with van der Waals surface area (Å²) in [6, 6.07) is 0. The van der Waals surface area contributed by atoms with Crippen molar-refractivity contribution >= 4 is 5.84 Å². The zero-order valence-corrected chi connectivity index (χ0v) is 8.82. The second-order valence-electron chi connectivity index (χ2n) is 3.54. The average Bonchev–Trinajstić information content (AvgIpc) is 2.13. The van der Waals surface area contributed by atoms with E-state index in [4.69, 9.17) is 10.9 Å². The van der Waals surface area contributed by atoms with Crippen molar-refractivity contribution < 1.29 is 5.21 Å². The molecule has 78 valence electrons. The van der Waals surface area contributed by atoms with Gasteiger partial charge in [0, 0.05) is 12.5 Å². The molecule has 0 bridgehead atoms. The molecule has 0 aromatic heterocycles. The molecule has 0 spiro atoms. The summed E-state index contributed by atoms with van der Waals surface area (Å²) >= 11 is 0. The fourth-order valence-corrected chi connectivity index (χ4v) is 1.18. The molecule has 13 heavy (non-hydrogen) atoms. The van der Waals surface area contributed by atoms with Gasteiger partial charge in [0.1, 0.15) is 5.84 Å². The third kappa shape index (κ3) is 5.47. The SMILES string of the molecule is CCCCN(C)CC(C)/C(N)=N/O. The van der Waals surface area contributed by atoms with Crippen molar-refractivity contribution in [2.24, 2.45) is 16.8 Å². The first-order valence-electron chi connectivity index (χ1n) is 4.77. The molecule has 0 aliphatic carbocycles. The Bertz CT molecular complexity index is 159. The van der Waals surface area contributed by atoms with Crippen molar-refractivity contribution in [2.45, 2.75) is 26.7 Å². The first-order chi connectivity index (χ1) is 6.11. The molecular weight excluding hydrogens is 166 g/mol. The monoisotopic (exact) mass is 187 g/mol. The molecule has 1 unspecified atom stereocenters. The molecule has 0 heterocycles. The van der Waals surface area contributed by atoms with E-state index in [0.717, 1.165) is 13.1 Å². The number of nitrogens with zero attached hydrogens (tertiary/aromatic N) is 2. The maximum absolute atomic E-state index is 8.44. The minimum Gasteiger partial charge on any atom is -0.409 e. The van der Waals surface area contributed by atoms with E-state index in [1.54, 1.807) is 0 Å². The third-order valence-corrected chi connectivity index (χ3v) is 2.10. The first kappa shape index (κ1) is 12.2. The zero-order chi connectivity index (χ0) is 10.3. The average molecular weight is 187 g/mol. The molecule has 0 saturated heterocycles. The molecule has 4 heteroatoms. The lowest BCUT2D eigenvalue weighted by atomic mass is 10.1. The summed E-state index contributed by atoms with van der Waals surface area (Å²) in [4.78, 5) is 2.20. The number of hydrogen-bond donors (Lipinski definition) is 2. The van der Waals surface area contributed by atoms with E-state index in [9.17, 15) is 0 Å². The summed E-state index contributed by atoms with van der Waals surface area (Å²) in [6.45, 7) is 6.04. The van der Waals surface area contributed by atoms with E-state index in [1.807, 2.05) is 6.92 Å². The number of oxime groups is 1. The fraction of sp³-hybridized carbons (Fsp3) is 0.889. The van der Waals surface area contributed by atoms with E-state index >= 15 is 0 Å². The van der Waals surface area contributed by atoms with Gasteiger partial charge in [-0.2, -0.15) is 0 Å². The number of nitrogens with two attached hydrogens (primary N) is 1. The van der Waals surface area contributed by atoms with Crippen LogP contribution in [0.3, 0.4) is 0 Å². The molecule has 0 aromatic rings. The van der Waals surface area contributed by atoms with Crippen LogP contribution >= 0.6 is 0 Å². The van der Waals surface area contributed by atoms with Crippen LogP contribution in [-0.2, 0) is 0 Å². The van der Waals surface area contributed by atoms with Gasteiger partial charge in [0.2, 0.25) is 0 Å². The van der Waals surface area contributed by atoms with Crippen LogP contribution in [0.2, 0.25) is 0 Å². The predicted molar refractivity (Wildman–Crippen MR) is 55.0 cm³/mol. The van der Waals surface area contributed by atoms with Gasteiger partial charge in [-0.05, 0) is 20.0 Å². The van der Waals surface area contributed by atoms with Gasteiger partial charge in [-0.3, -0.25) is 0 Å². The van der Waals surface area contributed by atoms with Gasteiger partial charge < -0.3 is 15.8 Å². The Hall–Kier alpha value is -0.770. The van der Waals surface area contributed by atoms with Gasteiger partial charge in [0.15, 0.2) is 0 Å². The Morgan fingerprint density at radius 2 is 2.23 bits per heavy atom. The lowest BCUT2D eigenvalue weighted by Crippen LogP contribution is -2.33. The second-order valence-corrected chi connectivity index (χ2v) is 3.54. The lowest BCUT2D eigenvalue weighted by Gasteiger charge is -2.19. The van der Waals surface area contributed by atoms with Crippen LogP contribution in [0.5, 0.6) is 0 Å². The van der Waals surface area contributed by atoms with Gasteiger partial charge in [0.05, 0.1) is 0 Å². The van der Waals surface area contributed by atoms with E-state index in [0.29, 0.717) is 5.84 Å². The highest BCUT2D eigenvalue weighted by molar-refractivity contribution is 5.82. The molecule has 0 aliphatic heterocycles. The summed E-state index contributed by atoms with van der Waals surface area (Å²) in [5.41, 5.74) is 5.47. The molecule has 3 N–H and O–H groups in total. The Balaban J connectivity index is 3.71. The van der Waals surface area contributed by atoms with Crippen LogP contribution < -0.4 is 5.73 Å². The lowest BCUT2D eigenvalue weighted by molar-refractivity contribution is 0.292. The van der Waals surface area contributed by atoms with Crippen LogP contribution in [-0.4, -0.2) is 36.1 Å². The van der Waals surface area contributed by atoms with Gasteiger partial charge >= 0.3 is 0 Å². The van der Waals surface area contributed by atoms with E-state index in [1.165, 1.54) is 12.8 Å². The molecule has 0 aliphatic rings. The van der Waals surface area contributed by atoms with E-state index in [-0.39, 0.29) is 5.92 Å². The van der Waals surface area contributed by atoms with Crippen molar-refractivity contribution in [3.05, 3.63) is 0 Å². The summed E-state index contributed by atoms with van der Waals surface area (Å²) in [5.74, 6) is 0.426. The third-order valence-electron chi connectivity index (χ3n) is 2.10. The maximum atomic E-state index is 8.44. The fourth-order valence-electron chi connectivity index (χ4n) is 1.18. The molecule has 0 aromatic carbocycles. The summed E-state index contributed by atoms with van der Waals surface area (Å²) < 4.78 is 0. The summed E-state index contributed by atoms with van der Waals surface area (Å²) in [5, 5.41) is 11.4. The maximum Gasteiger partial charge on any atom is 0.143 e. The molecule has 4 nitrogen and oxygen atoms in total. The van der Waals surface area contributed by atoms with Crippen LogP contribution in [0.4, 0.5) is 0 Å². The Kier molecular flexibility index (Phi) is 6.32. The number of hydrogen-bond acceptors (Lipinski definition) is 3. The Morgan fingerprint density at radius 1 is 1.62 bits per heavy atom. The van der Waals surface area contributed by atoms with Gasteiger partial charge in [0.25, 0.3) is 0 Å². The Labute approximate surface area is 80.4 Å². The van der Waals surface area contributed by atoms with E-state index < -0.39 is 0 Å². The zero-order valence-electron chi connectivity index (χ0n) is 8.82. The van der Waals surface area contributed by atoms with Gasteiger partial charge in [-0.15, -0.1) is 0 Å². The van der Waals surface area contributed by atoms with Crippen LogP contribution in [0.25, 0.3) is 0 Å². The van der Waals surface area contributed by atoms with Gasteiger partial charge in [-0.1, -0.05) is 25.4 Å². The first-order valence-corrected chi connectivity index (χ1v) is 4.77. The molecule has 0 radical (unpaired) electrons. The van der Waals surface area contributed by atoms with Crippen molar-refractivity contribution in [1.82, 2.24) is 4.90 Å². The smallest absolute Gasteiger partial charge is 0.143 e. The predicted octanol–water partition coefficient (Wildman–Crippen LogP) is 1.10. The highest BCUT2D eigenvalue weighted by Crippen LogP contribution is 1.99. The van der Waals surface area contributed by atoms with Crippen LogP contribution in [0.1, 0.15) is 26.7 Å². The van der Waals surface area contributed by atoms with Crippen molar-refractivity contribution in [1.29, 1.82) is 0 Å². The van der Waals surface area contributed by atoms with Crippen LogP contribution in [0, 0.1) is 5.92 Å². The largest absolute Gasteiger partial charge is 0.409 e. The van der Waals surface area contributed by atoms with Crippen LogP contribution in [0.15, 0.2) is 5.16 Å². The summed E-state index contributed by atoms with van der Waals surface area (Å²) in [7, 11) is 2.05. The number of rotatable bonds is 6. The Morgan fingerprint density at radius 3 is 2.69 bits per heavy atom. The topological polar surface area (TPSA) is 61.8 Å². The highest BCUT2D eigenvalue weighted by atomic mass is 16.4. The quantitative estimate of drug-likeness (QED) is 0.283. The molecule has 0 saturated carbocycles. The second kappa shape index (κ2) is 6.71. The molecular formula is C9H21N3O. The minimum atomic E-state index is 0.117. The summed E-state index contributed by atoms with van der Waals surface area (Å²) in [6.07, 6.45) is 2.39. The van der Waals surface area contributed by atoms with E-state index in [2.05, 4.69) is 24.0 Å². The minimum absolute atomic E-state index is 0.117. The van der Waals surface area contributed by atoms with Crippen molar-refractivity contribution in [2.75, 3.05) is 20.1 Å². The normalized spacial score (nSPS) is 14.9. The standard InChI is InChI=1S/C9H21N3O/c1-4-5-6-12(3)7-8(2)9(10)11-13/h8,13H,4-7H2,1-3H3,(H2,10,11). The van der Waals surface area contributed by atoms with Crippen molar-refractivity contribution in [3.8, 4) is 0 Å². The van der Waals surface area contributed by atoms with Gasteiger partial charge in [-0.25, -0.2) is 0 Å². The molecule has 0 fully saturated rings. The number of unbranched alkanes of at least 4 members (excludes halogenated alkanes) is 1. The highest BCUT2D eigenvalue weighted by Gasteiger charge is 2.09. The van der Waals surface area contributed by atoms with Crippen molar-refractivity contribution in [3.63, 3.8) is 0 Å². The molecule has 1 atom stereocenters. The molecule has 0 rings (SSSR count). The number of amidine groups is 1. The molecule has 0 amide bonds.